The van der Waals surface area contributed by atoms with Gasteiger partial charge in [0.05, 0.1) is 12.0 Å². The van der Waals surface area contributed by atoms with Gasteiger partial charge in [-0.15, -0.1) is 0 Å². The number of fused-ring (bicyclic) bond motifs is 3. The predicted molar refractivity (Wildman–Crippen MR) is 115 cm³/mol. The number of ether oxygens (including phenoxy) is 4. The predicted octanol–water partition coefficient (Wildman–Crippen LogP) is 1.72. The molecular formula is C24H32O9. The Hall–Kier alpha value is -2.49. The van der Waals surface area contributed by atoms with Crippen molar-refractivity contribution >= 4 is 17.9 Å². The maximum absolute atomic E-state index is 12.7. The molecule has 0 spiro atoms. The molecule has 3 heterocycles. The number of carbonyl (C=O) groups is 3. The maximum atomic E-state index is 12.7. The first-order chi connectivity index (χ1) is 15.4. The first-order valence-electron chi connectivity index (χ1n) is 11.0. The lowest BCUT2D eigenvalue weighted by molar-refractivity contribution is -0.277. The summed E-state index contributed by atoms with van der Waals surface area (Å²) in [6.45, 7) is 11.8. The first kappa shape index (κ1) is 25.1. The van der Waals surface area contributed by atoms with Gasteiger partial charge >= 0.3 is 17.9 Å². The highest BCUT2D eigenvalue weighted by molar-refractivity contribution is 5.92. The standard InChI is InChI=1S/C24H32O9/c1-7-9-16(25)30-20-18-17(14(5)22(27)31-18)19(32-21(26)12(3)8-2)24(29)13(4)10-15(33-24)11-23(20,6)28/h7-9,13,15,17-20,28-29H,5,10-11H2,1-4,6H3. The van der Waals surface area contributed by atoms with E-state index in [2.05, 4.69) is 6.58 Å². The molecule has 8 atom stereocenters. The highest BCUT2D eigenvalue weighted by Gasteiger charge is 2.65. The number of aliphatic hydroxyl groups is 2. The molecule has 33 heavy (non-hydrogen) atoms. The second kappa shape index (κ2) is 9.04. The average molecular weight is 465 g/mol. The molecule has 9 heteroatoms. The monoisotopic (exact) mass is 464 g/mol. The van der Waals surface area contributed by atoms with Gasteiger partial charge in [0.2, 0.25) is 5.79 Å². The summed E-state index contributed by atoms with van der Waals surface area (Å²) in [5, 5.41) is 23.0. The van der Waals surface area contributed by atoms with Crippen LogP contribution in [0.15, 0.2) is 36.0 Å². The minimum absolute atomic E-state index is 0.0186. The second-order valence-corrected chi connectivity index (χ2v) is 9.27. The van der Waals surface area contributed by atoms with Crippen LogP contribution in [0.4, 0.5) is 0 Å². The molecule has 182 valence electrons. The van der Waals surface area contributed by atoms with Crippen molar-refractivity contribution in [2.75, 3.05) is 0 Å². The minimum atomic E-state index is -1.98. The van der Waals surface area contributed by atoms with Crippen molar-refractivity contribution in [1.82, 2.24) is 0 Å². The number of hydrogen-bond acceptors (Lipinski definition) is 9. The van der Waals surface area contributed by atoms with E-state index < -0.39 is 65.5 Å². The van der Waals surface area contributed by atoms with Crippen LogP contribution in [0.5, 0.6) is 0 Å². The highest BCUT2D eigenvalue weighted by atomic mass is 16.7. The van der Waals surface area contributed by atoms with Crippen molar-refractivity contribution in [2.45, 2.75) is 83.3 Å². The summed E-state index contributed by atoms with van der Waals surface area (Å²) in [5.41, 5.74) is -1.48. The maximum Gasteiger partial charge on any atom is 0.334 e. The Bertz CT molecular complexity index is 902. The largest absolute Gasteiger partial charge is 0.454 e. The third-order valence-corrected chi connectivity index (χ3v) is 6.76. The van der Waals surface area contributed by atoms with Gasteiger partial charge in [0, 0.05) is 29.6 Å². The Kier molecular flexibility index (Phi) is 6.89. The number of esters is 3. The summed E-state index contributed by atoms with van der Waals surface area (Å²) in [6.07, 6.45) is -0.101. The van der Waals surface area contributed by atoms with Gasteiger partial charge < -0.3 is 29.2 Å². The molecule has 2 bridgehead atoms. The van der Waals surface area contributed by atoms with Crippen LogP contribution in [0.1, 0.15) is 47.5 Å². The zero-order chi connectivity index (χ0) is 24.7. The van der Waals surface area contributed by atoms with Crippen molar-refractivity contribution in [3.8, 4) is 0 Å². The van der Waals surface area contributed by atoms with E-state index in [-0.39, 0.29) is 17.6 Å². The van der Waals surface area contributed by atoms with Crippen molar-refractivity contribution in [3.63, 3.8) is 0 Å². The van der Waals surface area contributed by atoms with Crippen molar-refractivity contribution in [1.29, 1.82) is 0 Å². The van der Waals surface area contributed by atoms with Gasteiger partial charge in [-0.05, 0) is 34.1 Å². The summed E-state index contributed by atoms with van der Waals surface area (Å²) in [7, 11) is 0. The van der Waals surface area contributed by atoms with Gasteiger partial charge in [-0.2, -0.15) is 0 Å². The fourth-order valence-electron chi connectivity index (χ4n) is 4.85. The molecule has 8 unspecified atom stereocenters. The zero-order valence-corrected chi connectivity index (χ0v) is 19.6. The molecule has 0 aromatic heterocycles. The zero-order valence-electron chi connectivity index (χ0n) is 19.6. The van der Waals surface area contributed by atoms with Gasteiger partial charge in [-0.1, -0.05) is 25.7 Å². The molecule has 9 nitrogen and oxygen atoms in total. The lowest BCUT2D eigenvalue weighted by Gasteiger charge is -2.41. The third kappa shape index (κ3) is 4.49. The van der Waals surface area contributed by atoms with E-state index in [4.69, 9.17) is 18.9 Å². The van der Waals surface area contributed by atoms with Crippen LogP contribution in [-0.2, 0) is 33.3 Å². The lowest BCUT2D eigenvalue weighted by atomic mass is 9.75. The van der Waals surface area contributed by atoms with E-state index in [1.54, 1.807) is 33.8 Å². The van der Waals surface area contributed by atoms with Crippen LogP contribution >= 0.6 is 0 Å². The average Bonchev–Trinajstić information content (AvgIpc) is 3.18. The van der Waals surface area contributed by atoms with Crippen LogP contribution in [0.2, 0.25) is 0 Å². The van der Waals surface area contributed by atoms with Crippen molar-refractivity contribution in [2.24, 2.45) is 11.8 Å². The topological polar surface area (TPSA) is 129 Å². The quantitative estimate of drug-likeness (QED) is 0.363. The summed E-state index contributed by atoms with van der Waals surface area (Å²) >= 11 is 0. The molecule has 0 aromatic rings. The van der Waals surface area contributed by atoms with Crippen LogP contribution in [0, 0.1) is 11.8 Å². The molecule has 0 radical (unpaired) electrons. The normalized spacial score (nSPS) is 41.1. The molecule has 0 amide bonds. The lowest BCUT2D eigenvalue weighted by Crippen LogP contribution is -2.58. The van der Waals surface area contributed by atoms with Crippen LogP contribution < -0.4 is 0 Å². The summed E-state index contributed by atoms with van der Waals surface area (Å²) in [6, 6.07) is 0. The molecule has 3 aliphatic heterocycles. The molecule has 0 saturated carbocycles. The number of carbonyl (C=O) groups excluding carboxylic acids is 3. The van der Waals surface area contributed by atoms with Gasteiger partial charge in [-0.3, -0.25) is 0 Å². The summed E-state index contributed by atoms with van der Waals surface area (Å²) in [5.74, 6) is -5.88. The van der Waals surface area contributed by atoms with Crippen molar-refractivity contribution in [3.05, 3.63) is 36.0 Å². The molecule has 3 fully saturated rings. The van der Waals surface area contributed by atoms with E-state index in [0.717, 1.165) is 0 Å². The van der Waals surface area contributed by atoms with E-state index in [0.29, 0.717) is 6.42 Å². The molecule has 0 aromatic carbocycles. The molecule has 3 rings (SSSR count). The van der Waals surface area contributed by atoms with E-state index in [1.807, 2.05) is 0 Å². The van der Waals surface area contributed by atoms with Crippen LogP contribution in [-0.4, -0.2) is 63.9 Å². The molecule has 3 saturated heterocycles. The molecular weight excluding hydrogens is 432 g/mol. The first-order valence-corrected chi connectivity index (χ1v) is 11.0. The number of rotatable bonds is 4. The second-order valence-electron chi connectivity index (χ2n) is 9.27. The Morgan fingerprint density at radius 1 is 1.21 bits per heavy atom. The van der Waals surface area contributed by atoms with E-state index in [9.17, 15) is 24.6 Å². The van der Waals surface area contributed by atoms with Crippen LogP contribution in [0.3, 0.4) is 0 Å². The molecule has 3 aliphatic rings. The number of hydrogen-bond donors (Lipinski definition) is 2. The van der Waals surface area contributed by atoms with Gasteiger partial charge in [-0.25, -0.2) is 14.4 Å². The van der Waals surface area contributed by atoms with Gasteiger partial charge in [0.15, 0.2) is 18.3 Å². The van der Waals surface area contributed by atoms with Crippen molar-refractivity contribution < 1.29 is 43.5 Å². The molecule has 2 N–H and O–H groups in total. The Morgan fingerprint density at radius 2 is 1.88 bits per heavy atom. The van der Waals surface area contributed by atoms with E-state index >= 15 is 0 Å². The molecule has 0 aliphatic carbocycles. The fourth-order valence-corrected chi connectivity index (χ4v) is 4.85. The Morgan fingerprint density at radius 3 is 2.48 bits per heavy atom. The summed E-state index contributed by atoms with van der Waals surface area (Å²) < 4.78 is 22.8. The van der Waals surface area contributed by atoms with Gasteiger partial charge in [0.1, 0.15) is 5.60 Å². The smallest absolute Gasteiger partial charge is 0.334 e. The minimum Gasteiger partial charge on any atom is -0.454 e. The highest BCUT2D eigenvalue weighted by Crippen LogP contribution is 2.50. The summed E-state index contributed by atoms with van der Waals surface area (Å²) in [4.78, 5) is 37.7. The van der Waals surface area contributed by atoms with Crippen LogP contribution in [0.25, 0.3) is 0 Å². The Balaban J connectivity index is 2.16. The third-order valence-electron chi connectivity index (χ3n) is 6.76. The van der Waals surface area contributed by atoms with E-state index in [1.165, 1.54) is 19.1 Å². The SMILES string of the molecule is C=C1C(=O)OC2C1C(OC(=O)C(C)=CC)C1(O)OC(CC1C)CC(C)(O)C2OC(=O)C=CC. The number of allylic oxidation sites excluding steroid dienone is 2. The van der Waals surface area contributed by atoms with Gasteiger partial charge in [0.25, 0.3) is 0 Å². The Labute approximate surface area is 193 Å². The fraction of sp³-hybridized carbons (Fsp3) is 0.625.